The molecule has 0 bridgehead atoms. The molecule has 100 valence electrons. The molecular formula is C16H23ClO. The Morgan fingerprint density at radius 2 is 2.06 bits per heavy atom. The van der Waals surface area contributed by atoms with Crippen LogP contribution in [0.15, 0.2) is 18.2 Å². The lowest BCUT2D eigenvalue weighted by atomic mass is 9.94. The molecule has 0 aliphatic heterocycles. The lowest BCUT2D eigenvalue weighted by molar-refractivity contribution is 0.333. The Hall–Kier alpha value is -0.950. The van der Waals surface area contributed by atoms with E-state index in [0.717, 1.165) is 28.3 Å². The van der Waals surface area contributed by atoms with E-state index in [-0.39, 0.29) is 0 Å². The zero-order valence-electron chi connectivity index (χ0n) is 12.0. The van der Waals surface area contributed by atoms with Crippen molar-refractivity contribution in [3.05, 3.63) is 39.9 Å². The van der Waals surface area contributed by atoms with Gasteiger partial charge in [0.2, 0.25) is 0 Å². The first-order valence-electron chi connectivity index (χ1n) is 6.55. The molecule has 1 unspecified atom stereocenters. The molecule has 0 N–H and O–H groups in total. The molecule has 0 saturated carbocycles. The maximum atomic E-state index is 6.28. The van der Waals surface area contributed by atoms with Gasteiger partial charge in [0.25, 0.3) is 0 Å². The second-order valence-corrected chi connectivity index (χ2v) is 5.16. The first-order valence-corrected chi connectivity index (χ1v) is 6.93. The lowest BCUT2D eigenvalue weighted by Crippen LogP contribution is -2.05. The van der Waals surface area contributed by atoms with Gasteiger partial charge in [-0.1, -0.05) is 30.7 Å². The van der Waals surface area contributed by atoms with Crippen LogP contribution in [0.25, 0.3) is 0 Å². The number of benzene rings is 1. The van der Waals surface area contributed by atoms with Crippen molar-refractivity contribution < 1.29 is 4.74 Å². The van der Waals surface area contributed by atoms with Gasteiger partial charge in [-0.2, -0.15) is 0 Å². The largest absolute Gasteiger partial charge is 0.493 e. The Bertz CT molecular complexity index is 435. The molecule has 1 rings (SSSR count). The summed E-state index contributed by atoms with van der Waals surface area (Å²) in [5.41, 5.74) is 3.50. The number of hydrogen-bond acceptors (Lipinski definition) is 1. The van der Waals surface area contributed by atoms with Gasteiger partial charge in [-0.15, -0.1) is 0 Å². The smallest absolute Gasteiger partial charge is 0.125 e. The molecule has 0 spiro atoms. The molecule has 18 heavy (non-hydrogen) atoms. The Balaban J connectivity index is 3.20. The quantitative estimate of drug-likeness (QED) is 0.673. The van der Waals surface area contributed by atoms with Gasteiger partial charge >= 0.3 is 0 Å². The van der Waals surface area contributed by atoms with Crippen molar-refractivity contribution in [2.24, 2.45) is 5.92 Å². The summed E-state index contributed by atoms with van der Waals surface area (Å²) in [5.74, 6) is 1.50. The highest BCUT2D eigenvalue weighted by Crippen LogP contribution is 2.34. The van der Waals surface area contributed by atoms with Crippen molar-refractivity contribution in [2.75, 3.05) is 6.61 Å². The summed E-state index contributed by atoms with van der Waals surface area (Å²) in [4.78, 5) is 0. The summed E-state index contributed by atoms with van der Waals surface area (Å²) < 4.78 is 5.80. The van der Waals surface area contributed by atoms with Gasteiger partial charge in [-0.3, -0.25) is 0 Å². The molecule has 1 aromatic rings. The molecular weight excluding hydrogens is 244 g/mol. The standard InChI is InChI=1S/C16H23ClO/c1-6-8-11(3)9-14-13(5)15(17)10-12(4)16(14)18-7-2/h6,8,10-11H,7,9H2,1-5H3/b8-6-. The summed E-state index contributed by atoms with van der Waals surface area (Å²) in [6, 6.07) is 1.99. The minimum Gasteiger partial charge on any atom is -0.493 e. The number of hydrogen-bond donors (Lipinski definition) is 0. The number of rotatable bonds is 5. The van der Waals surface area contributed by atoms with E-state index in [1.807, 2.05) is 13.0 Å². The van der Waals surface area contributed by atoms with Crippen molar-refractivity contribution >= 4 is 11.6 Å². The number of allylic oxidation sites excluding steroid dienone is 2. The fraction of sp³-hybridized carbons (Fsp3) is 0.500. The van der Waals surface area contributed by atoms with E-state index >= 15 is 0 Å². The van der Waals surface area contributed by atoms with Gasteiger partial charge in [0.1, 0.15) is 5.75 Å². The fourth-order valence-corrected chi connectivity index (χ4v) is 2.50. The summed E-state index contributed by atoms with van der Waals surface area (Å²) in [6.07, 6.45) is 5.27. The highest BCUT2D eigenvalue weighted by molar-refractivity contribution is 6.31. The van der Waals surface area contributed by atoms with Gasteiger partial charge in [-0.25, -0.2) is 0 Å². The van der Waals surface area contributed by atoms with Crippen LogP contribution in [0, 0.1) is 19.8 Å². The zero-order valence-corrected chi connectivity index (χ0v) is 12.8. The average molecular weight is 267 g/mol. The molecule has 0 aliphatic carbocycles. The highest BCUT2D eigenvalue weighted by atomic mass is 35.5. The molecule has 1 aromatic carbocycles. The second-order valence-electron chi connectivity index (χ2n) is 4.75. The first kappa shape index (κ1) is 15.1. The van der Waals surface area contributed by atoms with Crippen molar-refractivity contribution in [1.29, 1.82) is 0 Å². The van der Waals surface area contributed by atoms with Gasteiger partial charge in [0, 0.05) is 5.02 Å². The van der Waals surface area contributed by atoms with Crippen molar-refractivity contribution in [3.63, 3.8) is 0 Å². The summed E-state index contributed by atoms with van der Waals surface area (Å²) in [7, 11) is 0. The molecule has 1 atom stereocenters. The maximum Gasteiger partial charge on any atom is 0.125 e. The van der Waals surface area contributed by atoms with Gasteiger partial charge in [0.15, 0.2) is 0 Å². The molecule has 0 amide bonds. The average Bonchev–Trinajstić information content (AvgIpc) is 2.31. The Labute approximate surface area is 116 Å². The van der Waals surface area contributed by atoms with Crippen LogP contribution in [0.5, 0.6) is 5.75 Å². The third kappa shape index (κ3) is 3.52. The normalized spacial score (nSPS) is 13.0. The minimum atomic E-state index is 0.491. The number of aryl methyl sites for hydroxylation is 1. The zero-order chi connectivity index (χ0) is 13.7. The van der Waals surface area contributed by atoms with Gasteiger partial charge in [-0.05, 0) is 62.8 Å². The Morgan fingerprint density at radius 3 is 2.61 bits per heavy atom. The van der Waals surface area contributed by atoms with Crippen LogP contribution in [0.1, 0.15) is 37.5 Å². The van der Waals surface area contributed by atoms with Crippen LogP contribution in [0.4, 0.5) is 0 Å². The molecule has 0 radical (unpaired) electrons. The Kier molecular flexibility index (Phi) is 5.74. The summed E-state index contributed by atoms with van der Waals surface area (Å²) >= 11 is 6.28. The predicted octanol–water partition coefficient (Wildman–Crippen LogP) is 5.11. The monoisotopic (exact) mass is 266 g/mol. The van der Waals surface area contributed by atoms with Crippen molar-refractivity contribution in [3.8, 4) is 5.75 Å². The van der Waals surface area contributed by atoms with Crippen LogP contribution in [-0.2, 0) is 6.42 Å². The number of halogens is 1. The third-order valence-electron chi connectivity index (χ3n) is 3.12. The van der Waals surface area contributed by atoms with Crippen LogP contribution >= 0.6 is 11.6 Å². The predicted molar refractivity (Wildman–Crippen MR) is 79.8 cm³/mol. The van der Waals surface area contributed by atoms with Gasteiger partial charge < -0.3 is 4.74 Å². The molecule has 0 saturated heterocycles. The molecule has 2 heteroatoms. The van der Waals surface area contributed by atoms with Crippen LogP contribution in [0.3, 0.4) is 0 Å². The van der Waals surface area contributed by atoms with Crippen LogP contribution in [0.2, 0.25) is 5.02 Å². The van der Waals surface area contributed by atoms with Crippen molar-refractivity contribution in [1.82, 2.24) is 0 Å². The molecule has 1 nitrogen and oxygen atoms in total. The van der Waals surface area contributed by atoms with E-state index in [1.54, 1.807) is 0 Å². The van der Waals surface area contributed by atoms with Gasteiger partial charge in [0.05, 0.1) is 6.61 Å². The van der Waals surface area contributed by atoms with Crippen molar-refractivity contribution in [2.45, 2.75) is 41.0 Å². The third-order valence-corrected chi connectivity index (χ3v) is 3.51. The van der Waals surface area contributed by atoms with E-state index in [2.05, 4.69) is 39.8 Å². The van der Waals surface area contributed by atoms with E-state index in [4.69, 9.17) is 16.3 Å². The molecule has 0 heterocycles. The second kappa shape index (κ2) is 6.84. The van der Waals surface area contributed by atoms with Crippen LogP contribution < -0.4 is 4.74 Å². The van der Waals surface area contributed by atoms with E-state index in [1.165, 1.54) is 5.56 Å². The van der Waals surface area contributed by atoms with Crippen LogP contribution in [-0.4, -0.2) is 6.61 Å². The number of ether oxygens (including phenoxy) is 1. The van der Waals surface area contributed by atoms with E-state index in [9.17, 15) is 0 Å². The van der Waals surface area contributed by atoms with E-state index in [0.29, 0.717) is 12.5 Å². The minimum absolute atomic E-state index is 0.491. The molecule has 0 fully saturated rings. The summed E-state index contributed by atoms with van der Waals surface area (Å²) in [6.45, 7) is 11.1. The maximum absolute atomic E-state index is 6.28. The Morgan fingerprint density at radius 1 is 1.39 bits per heavy atom. The molecule has 0 aliphatic rings. The SMILES string of the molecule is C/C=C\C(C)Cc1c(C)c(Cl)cc(C)c1OCC. The molecule has 0 aromatic heterocycles. The highest BCUT2D eigenvalue weighted by Gasteiger charge is 2.15. The fourth-order valence-electron chi connectivity index (χ4n) is 2.23. The topological polar surface area (TPSA) is 9.23 Å². The summed E-state index contributed by atoms with van der Waals surface area (Å²) in [5, 5.41) is 0.832. The first-order chi connectivity index (χ1) is 8.51. The lowest BCUT2D eigenvalue weighted by Gasteiger charge is -2.18. The van der Waals surface area contributed by atoms with E-state index < -0.39 is 0 Å².